The summed E-state index contributed by atoms with van der Waals surface area (Å²) in [7, 11) is 0. The molecule has 4 aromatic rings. The van der Waals surface area contributed by atoms with Gasteiger partial charge in [-0.1, -0.05) is 72.8 Å². The highest BCUT2D eigenvalue weighted by atomic mass is 15.1. The number of para-hydroxylation sites is 2. The third-order valence-corrected chi connectivity index (χ3v) is 6.52. The number of hydrogen-bond donors (Lipinski definition) is 1. The molecule has 5 rings (SSSR count). The number of aromatic nitrogens is 2. The van der Waals surface area contributed by atoms with E-state index in [0.717, 1.165) is 37.1 Å². The minimum Gasteiger partial charge on any atom is -0.342 e. The van der Waals surface area contributed by atoms with E-state index in [9.17, 15) is 0 Å². The Morgan fingerprint density at radius 3 is 2.03 bits per heavy atom. The highest BCUT2D eigenvalue weighted by molar-refractivity contribution is 5.74. The highest BCUT2D eigenvalue weighted by Crippen LogP contribution is 2.31. The van der Waals surface area contributed by atoms with Crippen LogP contribution in [-0.4, -0.2) is 34.5 Å². The summed E-state index contributed by atoms with van der Waals surface area (Å²) in [6.45, 7) is 3.44. The molecule has 1 aliphatic rings. The van der Waals surface area contributed by atoms with E-state index in [1.165, 1.54) is 29.8 Å². The van der Waals surface area contributed by atoms with Gasteiger partial charge in [-0.05, 0) is 62.2 Å². The van der Waals surface area contributed by atoms with E-state index in [-0.39, 0.29) is 0 Å². The summed E-state index contributed by atoms with van der Waals surface area (Å²) in [5.41, 5.74) is 5.08. The molecule has 0 saturated carbocycles. The summed E-state index contributed by atoms with van der Waals surface area (Å²) in [6.07, 6.45) is 3.52. The van der Waals surface area contributed by atoms with Crippen LogP contribution in [0.15, 0.2) is 84.9 Å². The second-order valence-corrected chi connectivity index (χ2v) is 8.42. The molecule has 3 nitrogen and oxygen atoms in total. The Balaban J connectivity index is 1.22. The monoisotopic (exact) mass is 395 g/mol. The van der Waals surface area contributed by atoms with E-state index in [0.29, 0.717) is 11.8 Å². The van der Waals surface area contributed by atoms with Crippen molar-refractivity contribution in [3.63, 3.8) is 0 Å². The highest BCUT2D eigenvalue weighted by Gasteiger charge is 2.24. The van der Waals surface area contributed by atoms with Gasteiger partial charge in [-0.3, -0.25) is 0 Å². The number of rotatable bonds is 6. The van der Waals surface area contributed by atoms with Crippen LogP contribution < -0.4 is 0 Å². The average Bonchev–Trinajstić information content (AvgIpc) is 3.25. The molecule has 1 fully saturated rings. The third kappa shape index (κ3) is 4.17. The molecule has 0 unspecified atom stereocenters. The van der Waals surface area contributed by atoms with Crippen LogP contribution in [0.25, 0.3) is 11.0 Å². The average molecular weight is 396 g/mol. The lowest BCUT2D eigenvalue weighted by atomic mass is 9.88. The fourth-order valence-electron chi connectivity index (χ4n) is 4.80. The quantitative estimate of drug-likeness (QED) is 0.436. The predicted octanol–water partition coefficient (Wildman–Crippen LogP) is 5.96. The number of nitrogens with zero attached hydrogens (tertiary/aromatic N) is 2. The van der Waals surface area contributed by atoms with Crippen molar-refractivity contribution in [1.82, 2.24) is 14.9 Å². The molecule has 2 heterocycles. The molecule has 0 aliphatic carbocycles. The van der Waals surface area contributed by atoms with Gasteiger partial charge in [0.1, 0.15) is 5.82 Å². The van der Waals surface area contributed by atoms with Crippen LogP contribution >= 0.6 is 0 Å². The number of nitrogens with one attached hydrogen (secondary N) is 1. The van der Waals surface area contributed by atoms with Crippen molar-refractivity contribution >= 4 is 11.0 Å². The number of piperidine rings is 1. The van der Waals surface area contributed by atoms with E-state index in [1.54, 1.807) is 0 Å². The normalized spacial score (nSPS) is 15.8. The van der Waals surface area contributed by atoms with Crippen molar-refractivity contribution in [2.45, 2.75) is 31.1 Å². The van der Waals surface area contributed by atoms with Gasteiger partial charge >= 0.3 is 0 Å². The Hall–Kier alpha value is -2.91. The van der Waals surface area contributed by atoms with Crippen molar-refractivity contribution in [3.05, 3.63) is 102 Å². The number of imidazole rings is 1. The van der Waals surface area contributed by atoms with E-state index in [2.05, 4.69) is 94.8 Å². The molecule has 0 radical (unpaired) electrons. The first-order valence-electron chi connectivity index (χ1n) is 11.1. The molecule has 1 aliphatic heterocycles. The van der Waals surface area contributed by atoms with Crippen molar-refractivity contribution < 1.29 is 0 Å². The van der Waals surface area contributed by atoms with E-state index in [1.807, 2.05) is 0 Å². The maximum absolute atomic E-state index is 4.84. The van der Waals surface area contributed by atoms with Gasteiger partial charge < -0.3 is 9.88 Å². The van der Waals surface area contributed by atoms with Crippen molar-refractivity contribution in [3.8, 4) is 0 Å². The summed E-state index contributed by atoms with van der Waals surface area (Å²) in [5, 5.41) is 0. The SMILES string of the molecule is c1ccc(C(CCN2CCC(c3nc4ccccc4[nH]3)CC2)c2ccccc2)cc1. The van der Waals surface area contributed by atoms with Gasteiger partial charge in [0.05, 0.1) is 11.0 Å². The molecule has 3 aromatic carbocycles. The number of likely N-dealkylation sites (tertiary alicyclic amines) is 1. The molecule has 152 valence electrons. The standard InChI is InChI=1S/C27H29N3/c1-3-9-21(10-4-1)24(22-11-5-2-6-12-22)17-20-30-18-15-23(16-19-30)27-28-25-13-7-8-14-26(25)29-27/h1-14,23-24H,15-20H2,(H,28,29). The largest absolute Gasteiger partial charge is 0.342 e. The molecular weight excluding hydrogens is 366 g/mol. The molecule has 1 saturated heterocycles. The van der Waals surface area contributed by atoms with Gasteiger partial charge in [0.15, 0.2) is 0 Å². The smallest absolute Gasteiger partial charge is 0.110 e. The summed E-state index contributed by atoms with van der Waals surface area (Å²) in [4.78, 5) is 11.0. The minimum atomic E-state index is 0.459. The van der Waals surface area contributed by atoms with E-state index >= 15 is 0 Å². The van der Waals surface area contributed by atoms with Gasteiger partial charge in [0.2, 0.25) is 0 Å². The first kappa shape index (κ1) is 19.1. The summed E-state index contributed by atoms with van der Waals surface area (Å²) in [5.74, 6) is 2.18. The van der Waals surface area contributed by atoms with Crippen LogP contribution in [0.1, 0.15) is 48.0 Å². The van der Waals surface area contributed by atoms with Crippen LogP contribution in [0, 0.1) is 0 Å². The van der Waals surface area contributed by atoms with Crippen LogP contribution in [0.2, 0.25) is 0 Å². The van der Waals surface area contributed by atoms with Crippen LogP contribution in [0.5, 0.6) is 0 Å². The van der Waals surface area contributed by atoms with Crippen molar-refractivity contribution in [1.29, 1.82) is 0 Å². The number of fused-ring (bicyclic) bond motifs is 1. The molecule has 0 atom stereocenters. The second kappa shape index (κ2) is 8.85. The van der Waals surface area contributed by atoms with E-state index in [4.69, 9.17) is 4.98 Å². The third-order valence-electron chi connectivity index (χ3n) is 6.52. The van der Waals surface area contributed by atoms with Gasteiger partial charge in [0, 0.05) is 11.8 Å². The maximum Gasteiger partial charge on any atom is 0.110 e. The van der Waals surface area contributed by atoms with Gasteiger partial charge in [-0.15, -0.1) is 0 Å². The molecule has 30 heavy (non-hydrogen) atoms. The second-order valence-electron chi connectivity index (χ2n) is 8.42. The van der Waals surface area contributed by atoms with Gasteiger partial charge in [-0.25, -0.2) is 4.98 Å². The zero-order valence-electron chi connectivity index (χ0n) is 17.4. The van der Waals surface area contributed by atoms with Crippen molar-refractivity contribution in [2.75, 3.05) is 19.6 Å². The molecule has 3 heteroatoms. The van der Waals surface area contributed by atoms with Crippen molar-refractivity contribution in [2.24, 2.45) is 0 Å². The fourth-order valence-corrected chi connectivity index (χ4v) is 4.80. The topological polar surface area (TPSA) is 31.9 Å². The minimum absolute atomic E-state index is 0.459. The lowest BCUT2D eigenvalue weighted by molar-refractivity contribution is 0.205. The molecule has 1 N–H and O–H groups in total. The lowest BCUT2D eigenvalue weighted by Gasteiger charge is -2.32. The van der Waals surface area contributed by atoms with E-state index < -0.39 is 0 Å². The number of hydrogen-bond acceptors (Lipinski definition) is 2. The molecule has 0 amide bonds. The first-order chi connectivity index (χ1) is 14.9. The molecule has 0 bridgehead atoms. The summed E-state index contributed by atoms with van der Waals surface area (Å²) >= 11 is 0. The fraction of sp³-hybridized carbons (Fsp3) is 0.296. The van der Waals surface area contributed by atoms with Gasteiger partial charge in [-0.2, -0.15) is 0 Å². The van der Waals surface area contributed by atoms with Crippen LogP contribution in [0.3, 0.4) is 0 Å². The van der Waals surface area contributed by atoms with Gasteiger partial charge in [0.25, 0.3) is 0 Å². The summed E-state index contributed by atoms with van der Waals surface area (Å²) < 4.78 is 0. The first-order valence-corrected chi connectivity index (χ1v) is 11.1. The zero-order valence-corrected chi connectivity index (χ0v) is 17.4. The van der Waals surface area contributed by atoms with Crippen LogP contribution in [-0.2, 0) is 0 Å². The number of benzene rings is 3. The Labute approximate surface area is 178 Å². The Morgan fingerprint density at radius 2 is 1.40 bits per heavy atom. The summed E-state index contributed by atoms with van der Waals surface area (Å²) in [6, 6.07) is 30.3. The maximum atomic E-state index is 4.84. The Bertz CT molecular complexity index is 990. The Morgan fingerprint density at radius 1 is 0.800 bits per heavy atom. The molecule has 1 aromatic heterocycles. The Kier molecular flexibility index (Phi) is 5.62. The molecule has 0 spiro atoms. The predicted molar refractivity (Wildman–Crippen MR) is 124 cm³/mol. The lowest BCUT2D eigenvalue weighted by Crippen LogP contribution is -2.34. The molecular formula is C27H29N3. The van der Waals surface area contributed by atoms with Crippen LogP contribution in [0.4, 0.5) is 0 Å². The number of H-pyrrole nitrogens is 1. The number of aromatic amines is 1. The zero-order chi connectivity index (χ0) is 20.2.